The fourth-order valence-electron chi connectivity index (χ4n) is 3.42. The maximum atomic E-state index is 6.19. The lowest BCUT2D eigenvalue weighted by Crippen LogP contribution is -2.46. The lowest BCUT2D eigenvalue weighted by molar-refractivity contribution is -0.0930. The molecule has 0 amide bonds. The van der Waals surface area contributed by atoms with E-state index >= 15 is 0 Å². The van der Waals surface area contributed by atoms with Crippen LogP contribution in [0.25, 0.3) is 0 Å². The Morgan fingerprint density at radius 2 is 2.11 bits per heavy atom. The number of unbranched alkanes of at least 4 members (excludes halogenated alkanes) is 2. The van der Waals surface area contributed by atoms with Crippen LogP contribution < -0.4 is 4.74 Å². The fraction of sp³-hybridized carbons (Fsp3) is 0.647. The van der Waals surface area contributed by atoms with Gasteiger partial charge in [0.1, 0.15) is 11.9 Å². The van der Waals surface area contributed by atoms with Crippen molar-refractivity contribution in [3.05, 3.63) is 29.8 Å². The molecule has 3 atom stereocenters. The average Bonchev–Trinajstić information content (AvgIpc) is 2.46. The summed E-state index contributed by atoms with van der Waals surface area (Å²) in [4.78, 5) is 0. The molecule has 0 spiro atoms. The van der Waals surface area contributed by atoms with E-state index in [1.807, 2.05) is 0 Å². The minimum Gasteiger partial charge on any atom is -0.490 e. The minimum atomic E-state index is 0.371. The van der Waals surface area contributed by atoms with Gasteiger partial charge in [0.25, 0.3) is 0 Å². The van der Waals surface area contributed by atoms with Crippen LogP contribution in [-0.2, 0) is 11.2 Å². The smallest absolute Gasteiger partial charge is 0.122 e. The predicted octanol–water partition coefficient (Wildman–Crippen LogP) is 3.98. The van der Waals surface area contributed by atoms with Gasteiger partial charge in [-0.1, -0.05) is 44.4 Å². The van der Waals surface area contributed by atoms with Gasteiger partial charge in [0.15, 0.2) is 0 Å². The molecule has 19 heavy (non-hydrogen) atoms. The summed E-state index contributed by atoms with van der Waals surface area (Å²) >= 11 is 0. The zero-order valence-electron chi connectivity index (χ0n) is 11.8. The summed E-state index contributed by atoms with van der Waals surface area (Å²) < 4.78 is 12.2. The molecular weight excluding hydrogens is 236 g/mol. The third-order valence-electron chi connectivity index (χ3n) is 4.49. The highest BCUT2D eigenvalue weighted by Crippen LogP contribution is 2.38. The molecule has 2 aliphatic heterocycles. The molecule has 0 saturated carbocycles. The maximum Gasteiger partial charge on any atom is 0.122 e. The second-order valence-electron chi connectivity index (χ2n) is 5.83. The zero-order chi connectivity index (χ0) is 13.1. The van der Waals surface area contributed by atoms with Crippen molar-refractivity contribution >= 4 is 0 Å². The zero-order valence-corrected chi connectivity index (χ0v) is 11.8. The van der Waals surface area contributed by atoms with Gasteiger partial charge >= 0.3 is 0 Å². The summed E-state index contributed by atoms with van der Waals surface area (Å²) in [6, 6.07) is 8.48. The third kappa shape index (κ3) is 2.79. The van der Waals surface area contributed by atoms with Crippen molar-refractivity contribution in [3.8, 4) is 5.75 Å². The molecule has 2 heteroatoms. The van der Waals surface area contributed by atoms with Crippen molar-refractivity contribution < 1.29 is 9.47 Å². The number of hydrogen-bond donors (Lipinski definition) is 0. The van der Waals surface area contributed by atoms with Crippen LogP contribution in [0.15, 0.2) is 24.3 Å². The Kier molecular flexibility index (Phi) is 4.07. The molecule has 0 N–H and O–H groups in total. The van der Waals surface area contributed by atoms with Crippen LogP contribution in [0.2, 0.25) is 0 Å². The molecule has 0 aromatic heterocycles. The Labute approximate surface area is 116 Å². The number of ether oxygens (including phenoxy) is 2. The lowest BCUT2D eigenvalue weighted by Gasteiger charge is -2.41. The lowest BCUT2D eigenvalue weighted by atomic mass is 9.81. The highest BCUT2D eigenvalue weighted by atomic mass is 16.5. The molecule has 1 saturated heterocycles. The summed E-state index contributed by atoms with van der Waals surface area (Å²) in [5.74, 6) is 1.65. The molecule has 2 aliphatic rings. The Morgan fingerprint density at radius 1 is 1.21 bits per heavy atom. The van der Waals surface area contributed by atoms with Crippen molar-refractivity contribution in [1.29, 1.82) is 0 Å². The van der Waals surface area contributed by atoms with Gasteiger partial charge in [-0.05, 0) is 24.5 Å². The number of para-hydroxylation sites is 1. The monoisotopic (exact) mass is 260 g/mol. The quantitative estimate of drug-likeness (QED) is 0.762. The van der Waals surface area contributed by atoms with Crippen molar-refractivity contribution in [2.24, 2.45) is 5.92 Å². The first-order valence-electron chi connectivity index (χ1n) is 7.74. The van der Waals surface area contributed by atoms with Crippen LogP contribution in [0.1, 0.15) is 44.6 Å². The Hall–Kier alpha value is -1.02. The first-order chi connectivity index (χ1) is 9.38. The topological polar surface area (TPSA) is 18.5 Å². The van der Waals surface area contributed by atoms with Gasteiger partial charge in [-0.15, -0.1) is 0 Å². The molecule has 0 aliphatic carbocycles. The van der Waals surface area contributed by atoms with E-state index in [1.54, 1.807) is 0 Å². The summed E-state index contributed by atoms with van der Waals surface area (Å²) in [6.07, 6.45) is 8.01. The molecule has 0 radical (unpaired) electrons. The highest BCUT2D eigenvalue weighted by molar-refractivity contribution is 5.36. The molecule has 104 valence electrons. The summed E-state index contributed by atoms with van der Waals surface area (Å²) in [5, 5.41) is 0. The van der Waals surface area contributed by atoms with Gasteiger partial charge in [-0.3, -0.25) is 0 Å². The average molecular weight is 260 g/mol. The van der Waals surface area contributed by atoms with E-state index in [-0.39, 0.29) is 0 Å². The normalized spacial score (nSPS) is 29.2. The number of hydrogen-bond acceptors (Lipinski definition) is 2. The molecule has 1 aromatic rings. The number of benzene rings is 1. The standard InChI is InChI=1S/C17H24O2/c1-2-3-4-9-16-14-12-13-7-5-6-8-15(13)19-17(14)10-11-18-16/h5-8,14,16-17H,2-4,9-12H2,1H3/t14-,16-,17-/m0/s1. The first-order valence-corrected chi connectivity index (χ1v) is 7.74. The highest BCUT2D eigenvalue weighted by Gasteiger charge is 2.38. The fourth-order valence-corrected chi connectivity index (χ4v) is 3.42. The molecule has 2 nitrogen and oxygen atoms in total. The van der Waals surface area contributed by atoms with Crippen molar-refractivity contribution in [2.75, 3.05) is 6.61 Å². The van der Waals surface area contributed by atoms with Crippen molar-refractivity contribution in [2.45, 2.75) is 57.7 Å². The summed E-state index contributed by atoms with van der Waals surface area (Å²) in [7, 11) is 0. The summed E-state index contributed by atoms with van der Waals surface area (Å²) in [5.41, 5.74) is 1.36. The second-order valence-corrected chi connectivity index (χ2v) is 5.83. The van der Waals surface area contributed by atoms with E-state index in [2.05, 4.69) is 31.2 Å². The van der Waals surface area contributed by atoms with Crippen molar-refractivity contribution in [3.63, 3.8) is 0 Å². The van der Waals surface area contributed by atoms with E-state index < -0.39 is 0 Å². The van der Waals surface area contributed by atoms with Crippen LogP contribution >= 0.6 is 0 Å². The van der Waals surface area contributed by atoms with E-state index in [0.29, 0.717) is 18.1 Å². The van der Waals surface area contributed by atoms with E-state index in [0.717, 1.165) is 25.2 Å². The van der Waals surface area contributed by atoms with Crippen molar-refractivity contribution in [1.82, 2.24) is 0 Å². The Morgan fingerprint density at radius 3 is 3.00 bits per heavy atom. The second kappa shape index (κ2) is 5.96. The Balaban J connectivity index is 1.70. The minimum absolute atomic E-state index is 0.371. The largest absolute Gasteiger partial charge is 0.490 e. The van der Waals surface area contributed by atoms with Gasteiger partial charge in [-0.2, -0.15) is 0 Å². The predicted molar refractivity (Wildman–Crippen MR) is 76.6 cm³/mol. The molecule has 1 fully saturated rings. The first kappa shape index (κ1) is 13.0. The molecule has 0 bridgehead atoms. The third-order valence-corrected chi connectivity index (χ3v) is 4.49. The van der Waals surface area contributed by atoms with E-state index in [4.69, 9.17) is 9.47 Å². The van der Waals surface area contributed by atoms with Gasteiger partial charge in [0.05, 0.1) is 12.7 Å². The SMILES string of the molecule is CCCCC[C@@H]1OCC[C@@H]2Oc3ccccc3C[C@@H]12. The molecule has 1 aromatic carbocycles. The molecule has 3 rings (SSSR count). The maximum absolute atomic E-state index is 6.19. The van der Waals surface area contributed by atoms with Crippen LogP contribution in [0.4, 0.5) is 0 Å². The van der Waals surface area contributed by atoms with Crippen LogP contribution in [0.3, 0.4) is 0 Å². The van der Waals surface area contributed by atoms with Gasteiger partial charge in [0.2, 0.25) is 0 Å². The van der Waals surface area contributed by atoms with Gasteiger partial charge in [0, 0.05) is 12.3 Å². The van der Waals surface area contributed by atoms with Crippen LogP contribution in [-0.4, -0.2) is 18.8 Å². The van der Waals surface area contributed by atoms with Gasteiger partial charge in [-0.25, -0.2) is 0 Å². The number of rotatable bonds is 4. The number of fused-ring (bicyclic) bond motifs is 2. The van der Waals surface area contributed by atoms with E-state index in [9.17, 15) is 0 Å². The van der Waals surface area contributed by atoms with Crippen LogP contribution in [0.5, 0.6) is 5.75 Å². The molecular formula is C17H24O2. The molecule has 2 heterocycles. The van der Waals surface area contributed by atoms with Crippen LogP contribution in [0, 0.1) is 5.92 Å². The Bertz CT molecular complexity index is 415. The summed E-state index contributed by atoms with van der Waals surface area (Å²) in [6.45, 7) is 3.12. The molecule has 0 unspecified atom stereocenters. The van der Waals surface area contributed by atoms with E-state index in [1.165, 1.54) is 31.2 Å². The van der Waals surface area contributed by atoms with Gasteiger partial charge < -0.3 is 9.47 Å².